The zero-order valence-corrected chi connectivity index (χ0v) is 12.2. The van der Waals surface area contributed by atoms with Crippen LogP contribution in [0.1, 0.15) is 20.3 Å². The lowest BCUT2D eigenvalue weighted by Gasteiger charge is -2.18. The standard InChI is InChI=1S/C15H23NO4/c1-3-17-15(18-4-2)11-16-12-6-7-13-14(10-12)20-9-5-8-19-13/h6-7,10,15-16H,3-5,8-9,11H2,1-2H3. The predicted molar refractivity (Wildman–Crippen MR) is 77.6 cm³/mol. The number of anilines is 1. The van der Waals surface area contributed by atoms with Crippen LogP contribution in [0, 0.1) is 0 Å². The molecule has 5 heteroatoms. The first-order valence-electron chi connectivity index (χ1n) is 7.20. The van der Waals surface area contributed by atoms with Crippen LogP contribution in [0.4, 0.5) is 5.69 Å². The first kappa shape index (κ1) is 14.9. The van der Waals surface area contributed by atoms with Crippen molar-refractivity contribution in [2.75, 3.05) is 38.3 Å². The number of hydrogen-bond donors (Lipinski definition) is 1. The molecule has 0 aliphatic carbocycles. The molecule has 0 aromatic heterocycles. The summed E-state index contributed by atoms with van der Waals surface area (Å²) in [6.45, 7) is 7.18. The molecule has 0 spiro atoms. The van der Waals surface area contributed by atoms with E-state index in [0.717, 1.165) is 23.6 Å². The van der Waals surface area contributed by atoms with Gasteiger partial charge in [0.1, 0.15) is 0 Å². The maximum Gasteiger partial charge on any atom is 0.174 e. The smallest absolute Gasteiger partial charge is 0.174 e. The Morgan fingerprint density at radius 3 is 2.50 bits per heavy atom. The molecule has 0 bridgehead atoms. The van der Waals surface area contributed by atoms with Gasteiger partial charge >= 0.3 is 0 Å². The maximum absolute atomic E-state index is 5.66. The van der Waals surface area contributed by atoms with E-state index in [-0.39, 0.29) is 6.29 Å². The van der Waals surface area contributed by atoms with Gasteiger partial charge in [-0.3, -0.25) is 0 Å². The van der Waals surface area contributed by atoms with E-state index < -0.39 is 0 Å². The van der Waals surface area contributed by atoms with Gasteiger partial charge in [0.15, 0.2) is 17.8 Å². The van der Waals surface area contributed by atoms with Crippen LogP contribution in [-0.2, 0) is 9.47 Å². The molecular formula is C15H23NO4. The molecular weight excluding hydrogens is 258 g/mol. The van der Waals surface area contributed by atoms with Crippen LogP contribution in [-0.4, -0.2) is 39.3 Å². The minimum Gasteiger partial charge on any atom is -0.490 e. The predicted octanol–water partition coefficient (Wildman–Crippen LogP) is 2.66. The molecule has 0 saturated carbocycles. The number of fused-ring (bicyclic) bond motifs is 1. The molecule has 0 fully saturated rings. The lowest BCUT2D eigenvalue weighted by molar-refractivity contribution is -0.126. The van der Waals surface area contributed by atoms with Crippen LogP contribution in [0.25, 0.3) is 0 Å². The molecule has 0 saturated heterocycles. The zero-order valence-electron chi connectivity index (χ0n) is 12.2. The van der Waals surface area contributed by atoms with Crippen molar-refractivity contribution >= 4 is 5.69 Å². The van der Waals surface area contributed by atoms with E-state index in [1.807, 2.05) is 32.0 Å². The third-order valence-electron chi connectivity index (χ3n) is 2.93. The monoisotopic (exact) mass is 281 g/mol. The van der Waals surface area contributed by atoms with E-state index in [9.17, 15) is 0 Å². The quantitative estimate of drug-likeness (QED) is 0.779. The molecule has 0 radical (unpaired) electrons. The topological polar surface area (TPSA) is 49.0 Å². The number of rotatable bonds is 7. The van der Waals surface area contributed by atoms with Gasteiger partial charge in [-0.2, -0.15) is 0 Å². The summed E-state index contributed by atoms with van der Waals surface area (Å²) in [4.78, 5) is 0. The van der Waals surface area contributed by atoms with Crippen LogP contribution in [0.3, 0.4) is 0 Å². The molecule has 20 heavy (non-hydrogen) atoms. The number of nitrogens with one attached hydrogen (secondary N) is 1. The highest BCUT2D eigenvalue weighted by Gasteiger charge is 2.12. The molecule has 2 rings (SSSR count). The first-order chi connectivity index (χ1) is 9.83. The summed E-state index contributed by atoms with van der Waals surface area (Å²) < 4.78 is 22.3. The van der Waals surface area contributed by atoms with Gasteiger partial charge in [0.05, 0.1) is 19.8 Å². The molecule has 1 aliphatic rings. The fraction of sp³-hybridized carbons (Fsp3) is 0.600. The third-order valence-corrected chi connectivity index (χ3v) is 2.93. The summed E-state index contributed by atoms with van der Waals surface area (Å²) in [5.41, 5.74) is 0.971. The average Bonchev–Trinajstić information content (AvgIpc) is 2.70. The number of hydrogen-bond acceptors (Lipinski definition) is 5. The Hall–Kier alpha value is -1.46. The van der Waals surface area contributed by atoms with Gasteiger partial charge in [0.25, 0.3) is 0 Å². The highest BCUT2D eigenvalue weighted by Crippen LogP contribution is 2.32. The summed E-state index contributed by atoms with van der Waals surface area (Å²) in [5, 5.41) is 3.30. The summed E-state index contributed by atoms with van der Waals surface area (Å²) in [5.74, 6) is 1.59. The second-order valence-corrected chi connectivity index (χ2v) is 4.43. The van der Waals surface area contributed by atoms with Gasteiger partial charge < -0.3 is 24.3 Å². The highest BCUT2D eigenvalue weighted by atomic mass is 16.7. The molecule has 5 nitrogen and oxygen atoms in total. The summed E-state index contributed by atoms with van der Waals surface area (Å²) in [6, 6.07) is 5.86. The molecule has 1 heterocycles. The Bertz CT molecular complexity index is 405. The number of ether oxygens (including phenoxy) is 4. The largest absolute Gasteiger partial charge is 0.490 e. The van der Waals surface area contributed by atoms with Gasteiger partial charge in [0, 0.05) is 31.4 Å². The van der Waals surface area contributed by atoms with E-state index >= 15 is 0 Å². The van der Waals surface area contributed by atoms with Crippen LogP contribution in [0.5, 0.6) is 11.5 Å². The Morgan fingerprint density at radius 1 is 1.10 bits per heavy atom. The third kappa shape index (κ3) is 4.28. The van der Waals surface area contributed by atoms with Gasteiger partial charge in [0.2, 0.25) is 0 Å². The fourth-order valence-corrected chi connectivity index (χ4v) is 2.01. The lowest BCUT2D eigenvalue weighted by atomic mass is 10.2. The van der Waals surface area contributed by atoms with Crippen molar-refractivity contribution in [1.82, 2.24) is 0 Å². The highest BCUT2D eigenvalue weighted by molar-refractivity contribution is 5.55. The second kappa shape index (κ2) is 7.97. The van der Waals surface area contributed by atoms with E-state index in [1.165, 1.54) is 0 Å². The van der Waals surface area contributed by atoms with Crippen molar-refractivity contribution in [2.45, 2.75) is 26.6 Å². The Morgan fingerprint density at radius 2 is 1.80 bits per heavy atom. The molecule has 112 valence electrons. The summed E-state index contributed by atoms with van der Waals surface area (Å²) in [6.07, 6.45) is 0.676. The van der Waals surface area contributed by atoms with E-state index in [2.05, 4.69) is 5.32 Å². The van der Waals surface area contributed by atoms with Crippen molar-refractivity contribution in [1.29, 1.82) is 0 Å². The van der Waals surface area contributed by atoms with E-state index in [1.54, 1.807) is 0 Å². The average molecular weight is 281 g/mol. The van der Waals surface area contributed by atoms with Crippen molar-refractivity contribution in [3.63, 3.8) is 0 Å². The Balaban J connectivity index is 1.93. The van der Waals surface area contributed by atoms with Crippen molar-refractivity contribution in [3.8, 4) is 11.5 Å². The van der Waals surface area contributed by atoms with Crippen molar-refractivity contribution in [3.05, 3.63) is 18.2 Å². The fourth-order valence-electron chi connectivity index (χ4n) is 2.01. The second-order valence-electron chi connectivity index (χ2n) is 4.43. The van der Waals surface area contributed by atoms with Crippen molar-refractivity contribution in [2.24, 2.45) is 0 Å². The normalized spacial score (nSPS) is 14.2. The molecule has 1 aromatic rings. The summed E-state index contributed by atoms with van der Waals surface area (Å²) >= 11 is 0. The molecule has 1 aromatic carbocycles. The van der Waals surface area contributed by atoms with Gasteiger partial charge in [-0.05, 0) is 26.0 Å². The van der Waals surface area contributed by atoms with Crippen molar-refractivity contribution < 1.29 is 18.9 Å². The van der Waals surface area contributed by atoms with Gasteiger partial charge in [-0.15, -0.1) is 0 Å². The molecule has 1 N–H and O–H groups in total. The maximum atomic E-state index is 5.66. The van der Waals surface area contributed by atoms with E-state index in [4.69, 9.17) is 18.9 Å². The van der Waals surface area contributed by atoms with Gasteiger partial charge in [-0.25, -0.2) is 0 Å². The van der Waals surface area contributed by atoms with Crippen LogP contribution in [0.2, 0.25) is 0 Å². The first-order valence-corrected chi connectivity index (χ1v) is 7.20. The Kier molecular flexibility index (Phi) is 5.95. The minimum atomic E-state index is -0.235. The lowest BCUT2D eigenvalue weighted by Crippen LogP contribution is -2.26. The minimum absolute atomic E-state index is 0.235. The number of benzene rings is 1. The van der Waals surface area contributed by atoms with Crippen LogP contribution in [0.15, 0.2) is 18.2 Å². The zero-order chi connectivity index (χ0) is 14.2. The SMILES string of the molecule is CCOC(CNc1ccc2c(c1)OCCCO2)OCC. The molecule has 1 aliphatic heterocycles. The van der Waals surface area contributed by atoms with E-state index in [0.29, 0.717) is 33.0 Å². The Labute approximate surface area is 120 Å². The summed E-state index contributed by atoms with van der Waals surface area (Å²) in [7, 11) is 0. The van der Waals surface area contributed by atoms with Gasteiger partial charge in [-0.1, -0.05) is 0 Å². The molecule has 0 unspecified atom stereocenters. The molecule has 0 amide bonds. The van der Waals surface area contributed by atoms with Crippen LogP contribution >= 0.6 is 0 Å². The van der Waals surface area contributed by atoms with Crippen LogP contribution < -0.4 is 14.8 Å². The molecule has 0 atom stereocenters.